The molecule has 0 aromatic rings. The molecule has 0 bridgehead atoms. The number of hydrogen-bond donors (Lipinski definition) is 0. The quantitative estimate of drug-likeness (QED) is 0.467. The van der Waals surface area contributed by atoms with Gasteiger partial charge in [0.25, 0.3) is 0 Å². The molecule has 0 unspecified atom stereocenters. The molecule has 0 aliphatic carbocycles. The monoisotopic (exact) mass is 193 g/mol. The molecule has 0 saturated heterocycles. The fourth-order valence-corrected chi connectivity index (χ4v) is 0.318. The van der Waals surface area contributed by atoms with E-state index in [1.807, 2.05) is 20.8 Å². The Hall–Kier alpha value is -0.0105. The second-order valence-corrected chi connectivity index (χ2v) is 3.34. The van der Waals surface area contributed by atoms with Gasteiger partial charge in [-0.25, -0.2) is 0 Å². The molecule has 0 spiro atoms. The summed E-state index contributed by atoms with van der Waals surface area (Å²) in [6, 6.07) is 0. The minimum absolute atomic E-state index is 0. The maximum Gasteiger partial charge on any atom is 2.00 e. The molecule has 0 aromatic heterocycles. The molecule has 0 aromatic carbocycles. The molecule has 0 saturated carbocycles. The second-order valence-electron chi connectivity index (χ2n) is 3.34. The predicted molar refractivity (Wildman–Crippen MR) is 36.1 cm³/mol. The van der Waals surface area contributed by atoms with E-state index in [2.05, 4.69) is 0 Å². The van der Waals surface area contributed by atoms with Gasteiger partial charge in [-0.15, -0.1) is 0 Å². The molecule has 2 nitrogen and oxygen atoms in total. The minimum atomic E-state index is -0.204. The van der Waals surface area contributed by atoms with Crippen molar-refractivity contribution < 1.29 is 26.6 Å². The van der Waals surface area contributed by atoms with E-state index in [0.29, 0.717) is 6.61 Å². The van der Waals surface area contributed by atoms with Gasteiger partial charge >= 0.3 is 23.0 Å². The van der Waals surface area contributed by atoms with Gasteiger partial charge in [0.15, 0.2) is 0 Å². The summed E-state index contributed by atoms with van der Waals surface area (Å²) < 4.78 is 4.77. The Bertz CT molecular complexity index is 105. The molecule has 0 aliphatic rings. The van der Waals surface area contributed by atoms with Crippen LogP contribution in [0, 0.1) is 5.41 Å². The fourth-order valence-electron chi connectivity index (χ4n) is 0.318. The van der Waals surface area contributed by atoms with E-state index in [0.717, 1.165) is 0 Å². The van der Waals surface area contributed by atoms with Gasteiger partial charge < -0.3 is 4.74 Å². The Morgan fingerprint density at radius 1 is 1.40 bits per heavy atom. The van der Waals surface area contributed by atoms with Gasteiger partial charge in [0.1, 0.15) is 0 Å². The van der Waals surface area contributed by atoms with Gasteiger partial charge in [-0.2, -0.15) is 0 Å². The topological polar surface area (TPSA) is 26.3 Å². The molecule has 0 rings (SSSR count). The fraction of sp³-hybridized carbons (Fsp3) is 0.857. The Labute approximate surface area is 72.8 Å². The summed E-state index contributed by atoms with van der Waals surface area (Å²) in [7, 11) is 0. The normalized spacial score (nSPS) is 10.0. The van der Waals surface area contributed by atoms with Gasteiger partial charge in [0.05, 0.1) is 6.61 Å². The van der Waals surface area contributed by atoms with E-state index in [1.54, 1.807) is 0 Å². The van der Waals surface area contributed by atoms with E-state index < -0.39 is 0 Å². The summed E-state index contributed by atoms with van der Waals surface area (Å²) in [5.41, 5.74) is 0.0890. The first kappa shape index (κ1) is 12.6. The third-order valence-corrected chi connectivity index (χ3v) is 0.708. The minimum Gasteiger partial charge on any atom is -0.465 e. The first-order valence-corrected chi connectivity index (χ1v) is 3.05. The summed E-state index contributed by atoms with van der Waals surface area (Å²) in [6.07, 6.45) is 0. The van der Waals surface area contributed by atoms with Crippen LogP contribution < -0.4 is 0 Å². The van der Waals surface area contributed by atoms with Crippen LogP contribution in [-0.4, -0.2) is 12.6 Å². The first-order chi connectivity index (χ1) is 3.92. The third kappa shape index (κ3) is 10.9. The van der Waals surface area contributed by atoms with Crippen molar-refractivity contribution in [2.45, 2.75) is 27.7 Å². The largest absolute Gasteiger partial charge is 2.00 e. The van der Waals surface area contributed by atoms with Crippen LogP contribution in [0.3, 0.4) is 0 Å². The molecule has 10 heavy (non-hydrogen) atoms. The van der Waals surface area contributed by atoms with Crippen molar-refractivity contribution in [3.8, 4) is 0 Å². The Morgan fingerprint density at radius 3 is 1.90 bits per heavy atom. The van der Waals surface area contributed by atoms with Crippen LogP contribution in [0.2, 0.25) is 0 Å². The zero-order valence-electron chi connectivity index (χ0n) is 6.83. The molecule has 0 N–H and O–H groups in total. The SMILES string of the molecule is CC(=O)OCC(C)(C)C.[Cu+2]. The number of esters is 1. The van der Waals surface area contributed by atoms with Crippen molar-refractivity contribution in [1.29, 1.82) is 0 Å². The summed E-state index contributed by atoms with van der Waals surface area (Å²) >= 11 is 0. The van der Waals surface area contributed by atoms with Gasteiger partial charge in [0.2, 0.25) is 0 Å². The Kier molecular flexibility index (Phi) is 6.01. The Morgan fingerprint density at radius 2 is 1.80 bits per heavy atom. The maximum atomic E-state index is 10.3. The number of hydrogen-bond acceptors (Lipinski definition) is 2. The van der Waals surface area contributed by atoms with Gasteiger partial charge in [-0.1, -0.05) is 20.8 Å². The average molecular weight is 194 g/mol. The van der Waals surface area contributed by atoms with Crippen molar-refractivity contribution in [3.63, 3.8) is 0 Å². The van der Waals surface area contributed by atoms with E-state index in [9.17, 15) is 4.79 Å². The van der Waals surface area contributed by atoms with Crippen molar-refractivity contribution in [2.24, 2.45) is 5.41 Å². The molecular weight excluding hydrogens is 180 g/mol. The van der Waals surface area contributed by atoms with Crippen LogP contribution in [0.5, 0.6) is 0 Å². The molecule has 0 fully saturated rings. The molecule has 1 radical (unpaired) electrons. The average Bonchev–Trinajstić information content (AvgIpc) is 1.59. The molecule has 0 amide bonds. The molecular formula is C7H14CuO2+2. The van der Waals surface area contributed by atoms with Crippen molar-refractivity contribution in [1.82, 2.24) is 0 Å². The number of ether oxygens (including phenoxy) is 1. The number of carbonyl (C=O) groups is 1. The molecule has 0 aliphatic heterocycles. The summed E-state index contributed by atoms with van der Waals surface area (Å²) in [5, 5.41) is 0. The van der Waals surface area contributed by atoms with E-state index >= 15 is 0 Å². The summed E-state index contributed by atoms with van der Waals surface area (Å²) in [5.74, 6) is -0.204. The molecule has 3 heteroatoms. The van der Waals surface area contributed by atoms with E-state index in [-0.39, 0.29) is 28.5 Å². The van der Waals surface area contributed by atoms with Crippen LogP contribution in [-0.2, 0) is 26.6 Å². The van der Waals surface area contributed by atoms with Crippen molar-refractivity contribution >= 4 is 5.97 Å². The third-order valence-electron chi connectivity index (χ3n) is 0.708. The smallest absolute Gasteiger partial charge is 0.465 e. The zero-order valence-corrected chi connectivity index (χ0v) is 7.77. The molecule has 63 valence electrons. The number of rotatable bonds is 1. The van der Waals surface area contributed by atoms with E-state index in [1.165, 1.54) is 6.92 Å². The van der Waals surface area contributed by atoms with Crippen molar-refractivity contribution in [2.75, 3.05) is 6.61 Å². The number of carbonyl (C=O) groups excluding carboxylic acids is 1. The van der Waals surface area contributed by atoms with Crippen LogP contribution >= 0.6 is 0 Å². The second kappa shape index (κ2) is 4.75. The zero-order chi connectivity index (χ0) is 7.49. The van der Waals surface area contributed by atoms with Gasteiger partial charge in [-0.3, -0.25) is 4.79 Å². The van der Waals surface area contributed by atoms with Crippen molar-refractivity contribution in [3.05, 3.63) is 0 Å². The van der Waals surface area contributed by atoms with Crippen LogP contribution in [0.25, 0.3) is 0 Å². The molecule has 0 heterocycles. The van der Waals surface area contributed by atoms with Crippen LogP contribution in [0.4, 0.5) is 0 Å². The van der Waals surface area contributed by atoms with Crippen LogP contribution in [0.15, 0.2) is 0 Å². The predicted octanol–water partition coefficient (Wildman–Crippen LogP) is 1.59. The standard InChI is InChI=1S/C7H14O2.Cu/c1-6(8)9-5-7(2,3)4;/h5H2,1-4H3;/q;+2. The maximum absolute atomic E-state index is 10.3. The van der Waals surface area contributed by atoms with Gasteiger partial charge in [0, 0.05) is 6.92 Å². The van der Waals surface area contributed by atoms with Crippen LogP contribution in [0.1, 0.15) is 27.7 Å². The van der Waals surface area contributed by atoms with Gasteiger partial charge in [-0.05, 0) is 5.41 Å². The summed E-state index contributed by atoms with van der Waals surface area (Å²) in [6.45, 7) is 8.00. The summed E-state index contributed by atoms with van der Waals surface area (Å²) in [4.78, 5) is 10.3. The van der Waals surface area contributed by atoms with E-state index in [4.69, 9.17) is 4.74 Å². The Balaban J connectivity index is 0. The first-order valence-electron chi connectivity index (χ1n) is 3.05. The molecule has 0 atom stereocenters.